The summed E-state index contributed by atoms with van der Waals surface area (Å²) in [6.07, 6.45) is 1.99. The van der Waals surface area contributed by atoms with Crippen LogP contribution in [0.15, 0.2) is 18.2 Å². The van der Waals surface area contributed by atoms with E-state index in [1.165, 1.54) is 11.0 Å². The summed E-state index contributed by atoms with van der Waals surface area (Å²) in [5, 5.41) is 0. The fourth-order valence-electron chi connectivity index (χ4n) is 3.51. The molecule has 1 aromatic carbocycles. The summed E-state index contributed by atoms with van der Waals surface area (Å²) in [6, 6.07) is 4.79. The van der Waals surface area contributed by atoms with Gasteiger partial charge in [-0.3, -0.25) is 9.59 Å². The number of hydrogen-bond donors (Lipinski definition) is 0. The Bertz CT molecular complexity index is 641. The molecule has 130 valence electrons. The number of amides is 2. The molecule has 2 amide bonds. The maximum absolute atomic E-state index is 14.1. The normalized spacial score (nSPS) is 22.3. The van der Waals surface area contributed by atoms with Crippen molar-refractivity contribution in [3.63, 3.8) is 0 Å². The van der Waals surface area contributed by atoms with Gasteiger partial charge in [0, 0.05) is 33.2 Å². The monoisotopic (exact) mass is 334 g/mol. The number of halogens is 1. The summed E-state index contributed by atoms with van der Waals surface area (Å²) in [6.45, 7) is 3.36. The molecule has 0 spiro atoms. The van der Waals surface area contributed by atoms with Crippen LogP contribution in [0, 0.1) is 18.7 Å². The molecule has 0 N–H and O–H groups in total. The molecule has 2 saturated heterocycles. The Morgan fingerprint density at radius 1 is 1.29 bits per heavy atom. The van der Waals surface area contributed by atoms with Crippen molar-refractivity contribution in [1.82, 2.24) is 4.90 Å². The molecule has 2 heterocycles. The summed E-state index contributed by atoms with van der Waals surface area (Å²) in [7, 11) is 1.69. The van der Waals surface area contributed by atoms with Crippen molar-refractivity contribution in [2.45, 2.75) is 32.3 Å². The van der Waals surface area contributed by atoms with Gasteiger partial charge in [-0.15, -0.1) is 0 Å². The maximum Gasteiger partial charge on any atom is 0.228 e. The molecule has 3 rings (SSSR count). The lowest BCUT2D eigenvalue weighted by Crippen LogP contribution is -2.44. The predicted octanol–water partition coefficient (Wildman–Crippen LogP) is 2.12. The number of carbonyl (C=O) groups excluding carboxylic acids is 2. The van der Waals surface area contributed by atoms with Gasteiger partial charge < -0.3 is 14.5 Å². The van der Waals surface area contributed by atoms with Crippen LogP contribution < -0.4 is 4.90 Å². The molecule has 0 aliphatic carbocycles. The first-order valence-corrected chi connectivity index (χ1v) is 8.37. The molecule has 1 atom stereocenters. The molecule has 2 aliphatic heterocycles. The summed E-state index contributed by atoms with van der Waals surface area (Å²) in [5.41, 5.74) is 1.07. The maximum atomic E-state index is 14.1. The van der Waals surface area contributed by atoms with Crippen LogP contribution in [0.5, 0.6) is 0 Å². The SMILES string of the molecule is COC1CCN(C(=O)[C@@H]2CC(=O)N(c3ccc(C)cc3F)C2)CC1. The molecule has 0 radical (unpaired) electrons. The number of benzene rings is 1. The summed E-state index contributed by atoms with van der Waals surface area (Å²) in [4.78, 5) is 28.2. The highest BCUT2D eigenvalue weighted by Crippen LogP contribution is 2.29. The fraction of sp³-hybridized carbons (Fsp3) is 0.556. The molecule has 0 bridgehead atoms. The van der Waals surface area contributed by atoms with Crippen molar-refractivity contribution in [2.24, 2.45) is 5.92 Å². The summed E-state index contributed by atoms with van der Waals surface area (Å²) in [5.74, 6) is -1.01. The molecular weight excluding hydrogens is 311 g/mol. The van der Waals surface area contributed by atoms with Gasteiger partial charge in [0.2, 0.25) is 11.8 Å². The van der Waals surface area contributed by atoms with E-state index in [1.54, 1.807) is 26.2 Å². The highest BCUT2D eigenvalue weighted by molar-refractivity contribution is 6.00. The number of anilines is 1. The zero-order valence-electron chi connectivity index (χ0n) is 14.1. The van der Waals surface area contributed by atoms with E-state index in [-0.39, 0.29) is 36.6 Å². The minimum absolute atomic E-state index is 0.00655. The molecule has 24 heavy (non-hydrogen) atoms. The number of rotatable bonds is 3. The van der Waals surface area contributed by atoms with Gasteiger partial charge in [-0.25, -0.2) is 4.39 Å². The molecule has 0 aromatic heterocycles. The predicted molar refractivity (Wildman–Crippen MR) is 88.2 cm³/mol. The zero-order chi connectivity index (χ0) is 17.3. The van der Waals surface area contributed by atoms with E-state index in [0.29, 0.717) is 13.1 Å². The zero-order valence-corrected chi connectivity index (χ0v) is 14.1. The Balaban J connectivity index is 1.67. The van der Waals surface area contributed by atoms with Gasteiger partial charge in [0.05, 0.1) is 17.7 Å². The third-order valence-electron chi connectivity index (χ3n) is 4.96. The van der Waals surface area contributed by atoms with Crippen molar-refractivity contribution in [2.75, 3.05) is 31.6 Å². The van der Waals surface area contributed by atoms with Crippen molar-refractivity contribution >= 4 is 17.5 Å². The Morgan fingerprint density at radius 3 is 2.62 bits per heavy atom. The van der Waals surface area contributed by atoms with Crippen LogP contribution in [0.3, 0.4) is 0 Å². The minimum Gasteiger partial charge on any atom is -0.381 e. The first kappa shape index (κ1) is 16.9. The molecule has 2 fully saturated rings. The van der Waals surface area contributed by atoms with Gasteiger partial charge in [-0.1, -0.05) is 6.07 Å². The van der Waals surface area contributed by atoms with E-state index >= 15 is 0 Å². The fourth-order valence-corrected chi connectivity index (χ4v) is 3.51. The van der Waals surface area contributed by atoms with Crippen molar-refractivity contribution in [1.29, 1.82) is 0 Å². The molecule has 0 saturated carbocycles. The first-order valence-electron chi connectivity index (χ1n) is 8.37. The van der Waals surface area contributed by atoms with E-state index in [0.717, 1.165) is 18.4 Å². The number of ether oxygens (including phenoxy) is 1. The average molecular weight is 334 g/mol. The summed E-state index contributed by atoms with van der Waals surface area (Å²) >= 11 is 0. The van der Waals surface area contributed by atoms with Gasteiger partial charge in [0.1, 0.15) is 5.82 Å². The van der Waals surface area contributed by atoms with Gasteiger partial charge >= 0.3 is 0 Å². The van der Waals surface area contributed by atoms with Crippen molar-refractivity contribution in [3.05, 3.63) is 29.6 Å². The van der Waals surface area contributed by atoms with E-state index in [2.05, 4.69) is 0 Å². The lowest BCUT2D eigenvalue weighted by atomic mass is 10.0. The van der Waals surface area contributed by atoms with E-state index in [4.69, 9.17) is 4.74 Å². The van der Waals surface area contributed by atoms with Crippen LogP contribution >= 0.6 is 0 Å². The van der Waals surface area contributed by atoms with Gasteiger partial charge in [0.15, 0.2) is 0 Å². The van der Waals surface area contributed by atoms with Gasteiger partial charge in [-0.05, 0) is 37.5 Å². The standard InChI is InChI=1S/C18H23FN2O3/c1-12-3-4-16(15(19)9-12)21-11-13(10-17(21)22)18(23)20-7-5-14(24-2)6-8-20/h3-4,9,13-14H,5-8,10-11H2,1-2H3/t13-/m1/s1. The second-order valence-corrected chi connectivity index (χ2v) is 6.62. The van der Waals surface area contributed by atoms with Crippen LogP contribution in [0.1, 0.15) is 24.8 Å². The average Bonchev–Trinajstić information content (AvgIpc) is 2.96. The lowest BCUT2D eigenvalue weighted by Gasteiger charge is -2.32. The third kappa shape index (κ3) is 3.29. The van der Waals surface area contributed by atoms with Gasteiger partial charge in [-0.2, -0.15) is 0 Å². The van der Waals surface area contributed by atoms with Crippen molar-refractivity contribution in [3.8, 4) is 0 Å². The lowest BCUT2D eigenvalue weighted by molar-refractivity contribution is -0.138. The van der Waals surface area contributed by atoms with Crippen LogP contribution in [-0.2, 0) is 14.3 Å². The highest BCUT2D eigenvalue weighted by atomic mass is 19.1. The van der Waals surface area contributed by atoms with Crippen LogP contribution in [0.25, 0.3) is 0 Å². The number of carbonyl (C=O) groups is 2. The second kappa shape index (κ2) is 6.89. The first-order chi connectivity index (χ1) is 11.5. The number of hydrogen-bond acceptors (Lipinski definition) is 3. The van der Waals surface area contributed by atoms with Gasteiger partial charge in [0.25, 0.3) is 0 Å². The Morgan fingerprint density at radius 2 is 2.00 bits per heavy atom. The molecule has 1 aromatic rings. The minimum atomic E-state index is -0.419. The quantitative estimate of drug-likeness (QED) is 0.851. The number of methoxy groups -OCH3 is 1. The highest BCUT2D eigenvalue weighted by Gasteiger charge is 2.38. The Kier molecular flexibility index (Phi) is 4.85. The van der Waals surface area contributed by atoms with E-state index in [9.17, 15) is 14.0 Å². The molecule has 0 unspecified atom stereocenters. The number of piperidine rings is 1. The Hall–Kier alpha value is -1.95. The largest absolute Gasteiger partial charge is 0.381 e. The topological polar surface area (TPSA) is 49.9 Å². The van der Waals surface area contributed by atoms with Crippen LogP contribution in [0.4, 0.5) is 10.1 Å². The smallest absolute Gasteiger partial charge is 0.228 e. The molecule has 6 heteroatoms. The number of nitrogens with zero attached hydrogens (tertiary/aromatic N) is 2. The molecule has 2 aliphatic rings. The second-order valence-electron chi connectivity index (χ2n) is 6.62. The third-order valence-corrected chi connectivity index (χ3v) is 4.96. The Labute approximate surface area is 141 Å². The number of likely N-dealkylation sites (tertiary alicyclic amines) is 1. The number of aryl methyl sites for hydroxylation is 1. The van der Waals surface area contributed by atoms with Crippen LogP contribution in [-0.4, -0.2) is 49.6 Å². The molecule has 5 nitrogen and oxygen atoms in total. The summed E-state index contributed by atoms with van der Waals surface area (Å²) < 4.78 is 19.5. The van der Waals surface area contributed by atoms with E-state index < -0.39 is 11.7 Å². The van der Waals surface area contributed by atoms with Crippen molar-refractivity contribution < 1.29 is 18.7 Å². The van der Waals surface area contributed by atoms with E-state index in [1.807, 2.05) is 4.90 Å². The van der Waals surface area contributed by atoms with Crippen LogP contribution in [0.2, 0.25) is 0 Å². The molecular formula is C18H23FN2O3.